The Morgan fingerprint density at radius 1 is 1.02 bits per heavy atom. The number of rotatable bonds is 12. The Morgan fingerprint density at radius 2 is 1.73 bits per heavy atom. The van der Waals surface area contributed by atoms with Gasteiger partial charge in [-0.25, -0.2) is 9.18 Å². The Hall–Kier alpha value is -2.88. The Labute approximate surface area is 241 Å². The predicted molar refractivity (Wildman–Crippen MR) is 157 cm³/mol. The maximum atomic E-state index is 14.4. The van der Waals surface area contributed by atoms with Crippen molar-refractivity contribution in [3.63, 3.8) is 0 Å². The number of urea groups is 1. The average molecular weight is 578 g/mol. The van der Waals surface area contributed by atoms with Gasteiger partial charge in [0.15, 0.2) is 0 Å². The number of nitrogens with zero attached hydrogens (tertiary/aromatic N) is 1. The predicted octanol–water partition coefficient (Wildman–Crippen LogP) is 6.84. The lowest BCUT2D eigenvalue weighted by Gasteiger charge is -2.40. The zero-order chi connectivity index (χ0) is 29.2. The summed E-state index contributed by atoms with van der Waals surface area (Å²) < 4.78 is 30.3. The Balaban J connectivity index is 1.99. The van der Waals surface area contributed by atoms with Gasteiger partial charge in [0.1, 0.15) is 5.82 Å². The summed E-state index contributed by atoms with van der Waals surface area (Å²) in [6.45, 7) is 5.41. The topological polar surface area (TPSA) is 89.1 Å². The van der Waals surface area contributed by atoms with Gasteiger partial charge in [-0.3, -0.25) is 4.79 Å². The number of benzene rings is 2. The van der Waals surface area contributed by atoms with Crippen molar-refractivity contribution in [1.29, 1.82) is 0 Å². The first-order chi connectivity index (χ1) is 19.1. The molecule has 1 atom stereocenters. The van der Waals surface area contributed by atoms with Crippen molar-refractivity contribution < 1.29 is 28.2 Å². The van der Waals surface area contributed by atoms with Crippen LogP contribution in [0.15, 0.2) is 36.4 Å². The summed E-state index contributed by atoms with van der Waals surface area (Å²) in [7, 11) is 4.68. The quantitative estimate of drug-likeness (QED) is 0.269. The number of amides is 2. The molecule has 1 fully saturated rings. The van der Waals surface area contributed by atoms with Crippen LogP contribution in [0.4, 0.5) is 26.2 Å². The molecule has 1 unspecified atom stereocenters. The molecule has 2 aromatic rings. The normalized spacial score (nSPS) is 17.8. The van der Waals surface area contributed by atoms with Gasteiger partial charge in [-0.2, -0.15) is 0 Å². The summed E-state index contributed by atoms with van der Waals surface area (Å²) >= 11 is 5.87. The number of halogens is 2. The fourth-order valence-corrected chi connectivity index (χ4v) is 5.37. The Kier molecular flexibility index (Phi) is 12.0. The van der Waals surface area contributed by atoms with Gasteiger partial charge in [0, 0.05) is 37.7 Å². The van der Waals surface area contributed by atoms with E-state index in [0.717, 1.165) is 49.5 Å². The minimum Gasteiger partial charge on any atom is -0.469 e. The molecule has 3 rings (SSSR count). The zero-order valence-electron chi connectivity index (χ0n) is 24.0. The number of nitrogens with one attached hydrogen (secondary N) is 2. The molecule has 2 amide bonds. The average Bonchev–Trinajstić information content (AvgIpc) is 2.93. The lowest BCUT2D eigenvalue weighted by molar-refractivity contribution is -0.141. The van der Waals surface area contributed by atoms with Crippen LogP contribution in [0.5, 0.6) is 0 Å². The zero-order valence-corrected chi connectivity index (χ0v) is 24.7. The van der Waals surface area contributed by atoms with Gasteiger partial charge in [-0.05, 0) is 67.5 Å². The number of anilines is 3. The van der Waals surface area contributed by atoms with E-state index in [-0.39, 0.29) is 41.2 Å². The Bertz CT molecular complexity index is 1140. The smallest absolute Gasteiger partial charge is 0.323 e. The molecule has 0 radical (unpaired) electrons. The summed E-state index contributed by atoms with van der Waals surface area (Å²) in [6.07, 6.45) is 4.23. The van der Waals surface area contributed by atoms with Gasteiger partial charge < -0.3 is 29.7 Å². The highest BCUT2D eigenvalue weighted by molar-refractivity contribution is 6.30. The molecule has 220 valence electrons. The minimum atomic E-state index is -0.633. The third kappa shape index (κ3) is 8.81. The van der Waals surface area contributed by atoms with Crippen molar-refractivity contribution >= 4 is 40.7 Å². The van der Waals surface area contributed by atoms with Gasteiger partial charge in [0.25, 0.3) is 0 Å². The molecule has 0 bridgehead atoms. The lowest BCUT2D eigenvalue weighted by Crippen LogP contribution is -2.42. The van der Waals surface area contributed by atoms with Crippen molar-refractivity contribution in [2.75, 3.05) is 50.0 Å². The van der Waals surface area contributed by atoms with Crippen molar-refractivity contribution in [3.05, 3.63) is 52.8 Å². The number of methoxy groups -OCH3 is 3. The second-order valence-electron chi connectivity index (χ2n) is 10.6. The van der Waals surface area contributed by atoms with Crippen LogP contribution in [0, 0.1) is 11.7 Å². The highest BCUT2D eigenvalue weighted by Crippen LogP contribution is 2.37. The van der Waals surface area contributed by atoms with E-state index in [9.17, 15) is 14.0 Å². The van der Waals surface area contributed by atoms with Crippen LogP contribution in [0.1, 0.15) is 57.4 Å². The van der Waals surface area contributed by atoms with Crippen molar-refractivity contribution in [1.82, 2.24) is 0 Å². The summed E-state index contributed by atoms with van der Waals surface area (Å²) in [5.41, 5.74) is 2.25. The molecule has 1 aliphatic carbocycles. The largest absolute Gasteiger partial charge is 0.469 e. The van der Waals surface area contributed by atoms with Crippen LogP contribution in [-0.4, -0.2) is 58.6 Å². The standard InChI is InChI=1S/C30H41ClFN3O5/c1-19(2)17-35(23-8-10-24(39-4)11-9-23)28-13-6-20(21(18-38-3)15-29(36)40-5)14-27(28)34-30(37)33-26-12-7-22(31)16-25(26)32/h6-7,12-14,16,19,21,23-24H,8-11,15,17-18H2,1-5H3,(H2,33,34,37). The van der Waals surface area contributed by atoms with Crippen molar-refractivity contribution in [3.8, 4) is 0 Å². The van der Waals surface area contributed by atoms with Crippen LogP contribution >= 0.6 is 11.6 Å². The summed E-state index contributed by atoms with van der Waals surface area (Å²) in [4.78, 5) is 27.6. The van der Waals surface area contributed by atoms with E-state index in [0.29, 0.717) is 18.2 Å². The van der Waals surface area contributed by atoms with E-state index < -0.39 is 11.8 Å². The molecule has 0 spiro atoms. The number of hydrogen-bond acceptors (Lipinski definition) is 6. The summed E-state index contributed by atoms with van der Waals surface area (Å²) in [5, 5.41) is 5.77. The number of esters is 1. The van der Waals surface area contributed by atoms with Gasteiger partial charge in [-0.15, -0.1) is 0 Å². The monoisotopic (exact) mass is 577 g/mol. The first kappa shape index (κ1) is 31.6. The SMILES string of the molecule is COCC(CC(=O)OC)c1ccc(N(CC(C)C)C2CCC(OC)CC2)c(NC(=O)Nc2ccc(Cl)cc2F)c1. The second-order valence-corrected chi connectivity index (χ2v) is 11.1. The van der Waals surface area contributed by atoms with Crippen LogP contribution in [0.3, 0.4) is 0 Å². The molecule has 40 heavy (non-hydrogen) atoms. The van der Waals surface area contributed by atoms with Crippen LogP contribution in [0.2, 0.25) is 5.02 Å². The second kappa shape index (κ2) is 15.2. The van der Waals surface area contributed by atoms with Gasteiger partial charge >= 0.3 is 12.0 Å². The molecule has 2 aromatic carbocycles. The third-order valence-electron chi connectivity index (χ3n) is 7.22. The molecular formula is C30H41ClFN3O5. The van der Waals surface area contributed by atoms with E-state index in [1.54, 1.807) is 14.2 Å². The van der Waals surface area contributed by atoms with Gasteiger partial charge in [-0.1, -0.05) is 31.5 Å². The van der Waals surface area contributed by atoms with Crippen LogP contribution < -0.4 is 15.5 Å². The first-order valence-electron chi connectivity index (χ1n) is 13.7. The fraction of sp³-hybridized carbons (Fsp3) is 0.533. The molecule has 2 N–H and O–H groups in total. The van der Waals surface area contributed by atoms with Crippen molar-refractivity contribution in [2.24, 2.45) is 5.92 Å². The lowest BCUT2D eigenvalue weighted by atomic mass is 9.90. The number of carbonyl (C=O) groups is 2. The van der Waals surface area contributed by atoms with E-state index in [1.165, 1.54) is 19.2 Å². The highest BCUT2D eigenvalue weighted by Gasteiger charge is 2.29. The van der Waals surface area contributed by atoms with Crippen LogP contribution in [0.25, 0.3) is 0 Å². The van der Waals surface area contributed by atoms with Crippen LogP contribution in [-0.2, 0) is 19.0 Å². The number of carbonyl (C=O) groups excluding carboxylic acids is 2. The number of ether oxygens (including phenoxy) is 3. The maximum absolute atomic E-state index is 14.4. The van der Waals surface area contributed by atoms with E-state index in [1.807, 2.05) is 18.2 Å². The molecular weight excluding hydrogens is 537 g/mol. The molecule has 0 aromatic heterocycles. The molecule has 10 heteroatoms. The van der Waals surface area contributed by atoms with E-state index >= 15 is 0 Å². The molecule has 0 saturated heterocycles. The fourth-order valence-electron chi connectivity index (χ4n) is 5.21. The van der Waals surface area contributed by atoms with Gasteiger partial charge in [0.2, 0.25) is 0 Å². The third-order valence-corrected chi connectivity index (χ3v) is 7.45. The highest BCUT2D eigenvalue weighted by atomic mass is 35.5. The Morgan fingerprint density at radius 3 is 2.33 bits per heavy atom. The summed E-state index contributed by atoms with van der Waals surface area (Å²) in [5.74, 6) is -0.899. The van der Waals surface area contributed by atoms with E-state index in [4.69, 9.17) is 25.8 Å². The molecule has 1 aliphatic rings. The molecule has 0 aliphatic heterocycles. The van der Waals surface area contributed by atoms with Gasteiger partial charge in [0.05, 0.1) is 43.3 Å². The number of hydrogen-bond donors (Lipinski definition) is 2. The van der Waals surface area contributed by atoms with E-state index in [2.05, 4.69) is 29.4 Å². The summed E-state index contributed by atoms with van der Waals surface area (Å²) in [6, 6.07) is 9.57. The molecule has 1 saturated carbocycles. The maximum Gasteiger partial charge on any atom is 0.323 e. The minimum absolute atomic E-state index is 0.0134. The van der Waals surface area contributed by atoms with Crippen molar-refractivity contribution in [2.45, 2.75) is 64.0 Å². The molecule has 0 heterocycles. The first-order valence-corrected chi connectivity index (χ1v) is 14.0. The molecule has 8 nitrogen and oxygen atoms in total.